The van der Waals surface area contributed by atoms with Crippen molar-refractivity contribution in [2.45, 2.75) is 52.0 Å². The maximum atomic E-state index is 13.6. The second kappa shape index (κ2) is 12.6. The van der Waals surface area contributed by atoms with Gasteiger partial charge < -0.3 is 20.7 Å². The van der Waals surface area contributed by atoms with E-state index in [1.54, 1.807) is 43.5 Å². The number of nitrogens with one attached hydrogen (secondary N) is 3. The average molecular weight is 540 g/mol. The molecule has 3 amide bonds. The molecule has 7 heteroatoms. The molecule has 0 bridgehead atoms. The van der Waals surface area contributed by atoms with Crippen molar-refractivity contribution in [3.05, 3.63) is 101 Å². The Balaban J connectivity index is 1.63. The Bertz CT molecular complexity index is 1390. The Morgan fingerprint density at radius 3 is 2.23 bits per heavy atom. The minimum Gasteiger partial charge on any atom is -0.497 e. The van der Waals surface area contributed by atoms with E-state index in [9.17, 15) is 14.4 Å². The highest BCUT2D eigenvalue weighted by atomic mass is 16.5. The molecular weight excluding hydrogens is 502 g/mol. The summed E-state index contributed by atoms with van der Waals surface area (Å²) in [5, 5.41) is 8.89. The second-order valence-corrected chi connectivity index (χ2v) is 10.4. The first kappa shape index (κ1) is 28.6. The monoisotopic (exact) mass is 539 g/mol. The van der Waals surface area contributed by atoms with Gasteiger partial charge in [0.05, 0.1) is 12.6 Å². The van der Waals surface area contributed by atoms with Crippen molar-refractivity contribution >= 4 is 29.0 Å². The molecule has 0 aromatic heterocycles. The maximum absolute atomic E-state index is 13.6. The van der Waals surface area contributed by atoms with Gasteiger partial charge in [-0.2, -0.15) is 0 Å². The van der Waals surface area contributed by atoms with E-state index in [0.717, 1.165) is 36.0 Å². The quantitative estimate of drug-likeness (QED) is 0.226. The Labute approximate surface area is 236 Å². The third kappa shape index (κ3) is 6.60. The number of methoxy groups -OCH3 is 1. The molecule has 1 atom stereocenters. The minimum atomic E-state index is -0.780. The lowest BCUT2D eigenvalue weighted by Gasteiger charge is -2.37. The zero-order chi connectivity index (χ0) is 28.7. The van der Waals surface area contributed by atoms with Crippen molar-refractivity contribution in [2.75, 3.05) is 19.0 Å². The van der Waals surface area contributed by atoms with Crippen LogP contribution in [0.5, 0.6) is 5.75 Å². The lowest BCUT2D eigenvalue weighted by atomic mass is 9.78. The van der Waals surface area contributed by atoms with Gasteiger partial charge in [0.1, 0.15) is 11.3 Å². The van der Waals surface area contributed by atoms with Crippen LogP contribution in [0.1, 0.15) is 66.6 Å². The molecule has 208 valence electrons. The molecule has 0 radical (unpaired) electrons. The van der Waals surface area contributed by atoms with E-state index in [1.807, 2.05) is 50.2 Å². The summed E-state index contributed by atoms with van der Waals surface area (Å²) < 4.78 is 5.20. The summed E-state index contributed by atoms with van der Waals surface area (Å²) >= 11 is 0. The SMILES string of the molecule is CCCCCNC(=O)c1ccc(C2(C)CC(c3ccc(C)cc3)=C(C(=O)Nc3ccc(OC)cc3)C(=O)N2)cc1. The van der Waals surface area contributed by atoms with E-state index in [-0.39, 0.29) is 11.5 Å². The first-order valence-corrected chi connectivity index (χ1v) is 13.7. The van der Waals surface area contributed by atoms with Crippen LogP contribution < -0.4 is 20.7 Å². The highest BCUT2D eigenvalue weighted by Gasteiger charge is 2.40. The number of carbonyl (C=O) groups excluding carboxylic acids is 3. The number of rotatable bonds is 10. The fourth-order valence-corrected chi connectivity index (χ4v) is 4.89. The van der Waals surface area contributed by atoms with E-state index >= 15 is 0 Å². The number of carbonyl (C=O) groups is 3. The van der Waals surface area contributed by atoms with E-state index in [0.29, 0.717) is 35.5 Å². The third-order valence-electron chi connectivity index (χ3n) is 7.27. The molecule has 3 N–H and O–H groups in total. The van der Waals surface area contributed by atoms with Gasteiger partial charge in [-0.25, -0.2) is 0 Å². The smallest absolute Gasteiger partial charge is 0.261 e. The van der Waals surface area contributed by atoms with Gasteiger partial charge in [0, 0.05) is 24.2 Å². The predicted molar refractivity (Wildman–Crippen MR) is 158 cm³/mol. The third-order valence-corrected chi connectivity index (χ3v) is 7.27. The normalized spacial score (nSPS) is 16.8. The van der Waals surface area contributed by atoms with Crippen molar-refractivity contribution in [2.24, 2.45) is 0 Å². The summed E-state index contributed by atoms with van der Waals surface area (Å²) in [7, 11) is 1.58. The molecule has 0 fully saturated rings. The van der Waals surface area contributed by atoms with Crippen LogP contribution in [0.25, 0.3) is 5.57 Å². The summed E-state index contributed by atoms with van der Waals surface area (Å²) in [6, 6.07) is 22.1. The van der Waals surface area contributed by atoms with Crippen molar-refractivity contribution < 1.29 is 19.1 Å². The molecule has 3 aromatic carbocycles. The highest BCUT2D eigenvalue weighted by molar-refractivity contribution is 6.28. The highest BCUT2D eigenvalue weighted by Crippen LogP contribution is 2.39. The molecule has 0 saturated carbocycles. The molecule has 0 saturated heterocycles. The predicted octanol–water partition coefficient (Wildman–Crippen LogP) is 5.75. The Morgan fingerprint density at radius 2 is 1.60 bits per heavy atom. The standard InChI is InChI=1S/C33H37N3O4/c1-5-6-7-20-34-30(37)24-12-14-25(15-13-24)33(3)21-28(23-10-8-22(2)9-11-23)29(32(39)36-33)31(38)35-26-16-18-27(40-4)19-17-26/h8-19H,5-7,20-21H2,1-4H3,(H,34,37)(H,35,38)(H,36,39). The number of unbranched alkanes of at least 4 members (excludes halogenated alkanes) is 2. The molecule has 1 aliphatic rings. The first-order valence-electron chi connectivity index (χ1n) is 13.7. The Kier molecular flexibility index (Phi) is 9.04. The van der Waals surface area contributed by atoms with Crippen molar-refractivity contribution in [3.8, 4) is 5.75 Å². The van der Waals surface area contributed by atoms with Crippen molar-refractivity contribution in [3.63, 3.8) is 0 Å². The van der Waals surface area contributed by atoms with Gasteiger partial charge in [-0.3, -0.25) is 14.4 Å². The van der Waals surface area contributed by atoms with E-state index in [4.69, 9.17) is 4.74 Å². The van der Waals surface area contributed by atoms with Crippen LogP contribution in [0.15, 0.2) is 78.4 Å². The van der Waals surface area contributed by atoms with Crippen molar-refractivity contribution in [1.82, 2.24) is 10.6 Å². The lowest BCUT2D eigenvalue weighted by molar-refractivity contribution is -0.123. The minimum absolute atomic E-state index is 0.0835. The number of ether oxygens (including phenoxy) is 1. The molecule has 3 aromatic rings. The fraction of sp³-hybridized carbons (Fsp3) is 0.303. The summed E-state index contributed by atoms with van der Waals surface area (Å²) in [6.45, 7) is 6.71. The molecule has 40 heavy (non-hydrogen) atoms. The van der Waals surface area contributed by atoms with Crippen LogP contribution >= 0.6 is 0 Å². The van der Waals surface area contributed by atoms with Crippen LogP contribution in [0.4, 0.5) is 5.69 Å². The van der Waals surface area contributed by atoms with Crippen LogP contribution in [0.3, 0.4) is 0 Å². The van der Waals surface area contributed by atoms with Crippen LogP contribution in [-0.4, -0.2) is 31.4 Å². The number of hydrogen-bond donors (Lipinski definition) is 3. The second-order valence-electron chi connectivity index (χ2n) is 10.4. The Morgan fingerprint density at radius 1 is 0.925 bits per heavy atom. The van der Waals surface area contributed by atoms with Gasteiger partial charge in [0.25, 0.3) is 17.7 Å². The van der Waals surface area contributed by atoms with Gasteiger partial charge in [-0.15, -0.1) is 0 Å². The van der Waals surface area contributed by atoms with Gasteiger partial charge in [-0.1, -0.05) is 61.7 Å². The molecule has 4 rings (SSSR count). The van der Waals surface area contributed by atoms with Crippen molar-refractivity contribution in [1.29, 1.82) is 0 Å². The summed E-state index contributed by atoms with van der Waals surface area (Å²) in [5.41, 5.74) is 3.84. The number of hydrogen-bond acceptors (Lipinski definition) is 4. The molecular formula is C33H37N3O4. The molecule has 1 heterocycles. The van der Waals surface area contributed by atoms with E-state index in [1.165, 1.54) is 0 Å². The summed E-state index contributed by atoms with van der Waals surface area (Å²) in [4.78, 5) is 39.6. The molecule has 0 spiro atoms. The number of amides is 3. The van der Waals surface area contributed by atoms with Crippen LogP contribution in [0.2, 0.25) is 0 Å². The van der Waals surface area contributed by atoms with E-state index in [2.05, 4.69) is 22.9 Å². The topological polar surface area (TPSA) is 96.5 Å². The summed E-state index contributed by atoms with van der Waals surface area (Å²) in [5.74, 6) is -0.370. The van der Waals surface area contributed by atoms with Crippen LogP contribution in [0, 0.1) is 6.92 Å². The fourth-order valence-electron chi connectivity index (χ4n) is 4.89. The van der Waals surface area contributed by atoms with Gasteiger partial charge >= 0.3 is 0 Å². The average Bonchev–Trinajstić information content (AvgIpc) is 2.95. The Hall–Kier alpha value is -4.39. The lowest BCUT2D eigenvalue weighted by Crippen LogP contribution is -2.49. The number of anilines is 1. The number of benzene rings is 3. The van der Waals surface area contributed by atoms with Gasteiger partial charge in [-0.05, 0) is 73.4 Å². The summed E-state index contributed by atoms with van der Waals surface area (Å²) in [6.07, 6.45) is 3.52. The maximum Gasteiger partial charge on any atom is 0.261 e. The number of aryl methyl sites for hydroxylation is 1. The van der Waals surface area contributed by atoms with E-state index < -0.39 is 17.4 Å². The first-order chi connectivity index (χ1) is 19.2. The van der Waals surface area contributed by atoms with Gasteiger partial charge in [0.2, 0.25) is 0 Å². The zero-order valence-electron chi connectivity index (χ0n) is 23.6. The molecule has 7 nitrogen and oxygen atoms in total. The molecule has 1 unspecified atom stereocenters. The molecule has 1 aliphatic heterocycles. The molecule has 0 aliphatic carbocycles. The van der Waals surface area contributed by atoms with Gasteiger partial charge in [0.15, 0.2) is 0 Å². The zero-order valence-corrected chi connectivity index (χ0v) is 23.6. The largest absolute Gasteiger partial charge is 0.497 e. The van der Waals surface area contributed by atoms with Crippen LogP contribution in [-0.2, 0) is 15.1 Å².